The molecular formula is C15H19N3O. The van der Waals surface area contributed by atoms with Gasteiger partial charge in [0.1, 0.15) is 11.9 Å². The van der Waals surface area contributed by atoms with Gasteiger partial charge in [0.05, 0.1) is 18.3 Å². The Morgan fingerprint density at radius 2 is 2.26 bits per heavy atom. The molecule has 0 saturated carbocycles. The third-order valence-corrected chi connectivity index (χ3v) is 3.94. The van der Waals surface area contributed by atoms with Gasteiger partial charge in [-0.3, -0.25) is 0 Å². The lowest BCUT2D eigenvalue weighted by molar-refractivity contribution is 0.0529. The van der Waals surface area contributed by atoms with Crippen LogP contribution in [0.2, 0.25) is 0 Å². The zero-order chi connectivity index (χ0) is 13.2. The van der Waals surface area contributed by atoms with Crippen LogP contribution in [0.4, 0.5) is 5.82 Å². The molecule has 0 bridgehead atoms. The molecule has 0 N–H and O–H groups in total. The highest BCUT2D eigenvalue weighted by atomic mass is 16.5. The Hall–Kier alpha value is -1.60. The molecule has 1 fully saturated rings. The van der Waals surface area contributed by atoms with Crippen LogP contribution in [-0.2, 0) is 17.6 Å². The summed E-state index contributed by atoms with van der Waals surface area (Å²) < 4.78 is 5.56. The van der Waals surface area contributed by atoms with E-state index >= 15 is 0 Å². The molecule has 2 heterocycles. The molecule has 3 rings (SSSR count). The van der Waals surface area contributed by atoms with Crippen LogP contribution in [0.5, 0.6) is 0 Å². The van der Waals surface area contributed by atoms with Gasteiger partial charge in [-0.25, -0.2) is 4.98 Å². The molecular weight excluding hydrogens is 238 g/mol. The number of hydrogen-bond donors (Lipinski definition) is 0. The van der Waals surface area contributed by atoms with Gasteiger partial charge in [0.15, 0.2) is 0 Å². The van der Waals surface area contributed by atoms with Crippen LogP contribution in [0.15, 0.2) is 6.07 Å². The van der Waals surface area contributed by atoms with E-state index in [0.29, 0.717) is 6.61 Å². The standard InChI is InChI=1S/C15H19N3O/c1-11-10-18(6-7-19-11)15-13(9-16)8-12-4-2-3-5-14(12)17-15/h8,11H,2-7,10H2,1H3. The van der Waals surface area contributed by atoms with Crippen molar-refractivity contribution in [3.05, 3.63) is 22.9 Å². The van der Waals surface area contributed by atoms with E-state index in [4.69, 9.17) is 9.72 Å². The zero-order valence-electron chi connectivity index (χ0n) is 11.4. The minimum absolute atomic E-state index is 0.207. The van der Waals surface area contributed by atoms with Crippen molar-refractivity contribution >= 4 is 5.82 Å². The van der Waals surface area contributed by atoms with Crippen molar-refractivity contribution in [2.24, 2.45) is 0 Å². The van der Waals surface area contributed by atoms with Gasteiger partial charge in [-0.15, -0.1) is 0 Å². The maximum atomic E-state index is 9.37. The Morgan fingerprint density at radius 3 is 3.05 bits per heavy atom. The van der Waals surface area contributed by atoms with Gasteiger partial charge in [-0.05, 0) is 44.2 Å². The first-order valence-corrected chi connectivity index (χ1v) is 7.07. The van der Waals surface area contributed by atoms with Crippen LogP contribution in [0.3, 0.4) is 0 Å². The summed E-state index contributed by atoms with van der Waals surface area (Å²) in [6.07, 6.45) is 4.75. The van der Waals surface area contributed by atoms with Gasteiger partial charge >= 0.3 is 0 Å². The number of morpholine rings is 1. The van der Waals surface area contributed by atoms with Crippen LogP contribution in [0.1, 0.15) is 36.6 Å². The van der Waals surface area contributed by atoms with Crippen molar-refractivity contribution in [3.8, 4) is 6.07 Å². The molecule has 0 radical (unpaired) electrons. The molecule has 0 amide bonds. The van der Waals surface area contributed by atoms with Crippen LogP contribution in [0, 0.1) is 11.3 Å². The first-order chi connectivity index (χ1) is 9.28. The highest BCUT2D eigenvalue weighted by Crippen LogP contribution is 2.27. The van der Waals surface area contributed by atoms with E-state index in [2.05, 4.69) is 24.0 Å². The second kappa shape index (κ2) is 5.18. The number of aromatic nitrogens is 1. The molecule has 1 aromatic heterocycles. The first kappa shape index (κ1) is 12.4. The Bertz CT molecular complexity index is 521. The summed E-state index contributed by atoms with van der Waals surface area (Å²) in [4.78, 5) is 6.99. The number of hydrogen-bond acceptors (Lipinski definition) is 4. The van der Waals surface area contributed by atoms with E-state index in [0.717, 1.165) is 37.3 Å². The lowest BCUT2D eigenvalue weighted by Crippen LogP contribution is -2.42. The maximum Gasteiger partial charge on any atom is 0.147 e. The van der Waals surface area contributed by atoms with E-state index in [-0.39, 0.29) is 6.10 Å². The average Bonchev–Trinajstić information content (AvgIpc) is 2.46. The summed E-state index contributed by atoms with van der Waals surface area (Å²) in [5.41, 5.74) is 3.18. The molecule has 0 spiro atoms. The highest BCUT2D eigenvalue weighted by molar-refractivity contribution is 5.56. The first-order valence-electron chi connectivity index (χ1n) is 7.07. The largest absolute Gasteiger partial charge is 0.375 e. The Labute approximate surface area is 114 Å². The van der Waals surface area contributed by atoms with Gasteiger partial charge in [0, 0.05) is 18.8 Å². The lowest BCUT2D eigenvalue weighted by Gasteiger charge is -2.33. The summed E-state index contributed by atoms with van der Waals surface area (Å²) in [5.74, 6) is 0.860. The third kappa shape index (κ3) is 2.43. The number of pyridine rings is 1. The lowest BCUT2D eigenvalue weighted by atomic mass is 9.95. The second-order valence-corrected chi connectivity index (χ2v) is 5.41. The Kier molecular flexibility index (Phi) is 3.39. The predicted octanol–water partition coefficient (Wildman–Crippen LogP) is 2.06. The monoisotopic (exact) mass is 257 g/mol. The number of nitrogens with zero attached hydrogens (tertiary/aromatic N) is 3. The van der Waals surface area contributed by atoms with E-state index in [1.165, 1.54) is 24.1 Å². The molecule has 0 aromatic carbocycles. The fourth-order valence-corrected chi connectivity index (χ4v) is 2.96. The normalized spacial score (nSPS) is 22.7. The number of nitriles is 1. The van der Waals surface area contributed by atoms with Crippen molar-refractivity contribution in [1.29, 1.82) is 5.26 Å². The number of anilines is 1. The van der Waals surface area contributed by atoms with Crippen LogP contribution in [0.25, 0.3) is 0 Å². The van der Waals surface area contributed by atoms with Gasteiger partial charge < -0.3 is 9.64 Å². The van der Waals surface area contributed by atoms with Crippen molar-refractivity contribution < 1.29 is 4.74 Å². The van der Waals surface area contributed by atoms with Gasteiger partial charge in [-0.1, -0.05) is 0 Å². The number of fused-ring (bicyclic) bond motifs is 1. The molecule has 1 saturated heterocycles. The topological polar surface area (TPSA) is 49.2 Å². The molecule has 19 heavy (non-hydrogen) atoms. The summed E-state index contributed by atoms with van der Waals surface area (Å²) >= 11 is 0. The Morgan fingerprint density at radius 1 is 1.42 bits per heavy atom. The maximum absolute atomic E-state index is 9.37. The third-order valence-electron chi connectivity index (χ3n) is 3.94. The summed E-state index contributed by atoms with van der Waals surface area (Å²) in [6, 6.07) is 4.37. The van der Waals surface area contributed by atoms with E-state index in [1.54, 1.807) is 0 Å². The minimum atomic E-state index is 0.207. The molecule has 1 atom stereocenters. The molecule has 4 nitrogen and oxygen atoms in total. The van der Waals surface area contributed by atoms with Crippen LogP contribution < -0.4 is 4.90 Å². The van der Waals surface area contributed by atoms with Gasteiger partial charge in [0.2, 0.25) is 0 Å². The number of rotatable bonds is 1. The fraction of sp³-hybridized carbons (Fsp3) is 0.600. The van der Waals surface area contributed by atoms with Gasteiger partial charge in [0.25, 0.3) is 0 Å². The van der Waals surface area contributed by atoms with Crippen LogP contribution in [-0.4, -0.2) is 30.8 Å². The summed E-state index contributed by atoms with van der Waals surface area (Å²) in [7, 11) is 0. The molecule has 1 aliphatic heterocycles. The van der Waals surface area contributed by atoms with E-state index < -0.39 is 0 Å². The van der Waals surface area contributed by atoms with E-state index in [1.807, 2.05) is 0 Å². The quantitative estimate of drug-likeness (QED) is 0.772. The fourth-order valence-electron chi connectivity index (χ4n) is 2.96. The van der Waals surface area contributed by atoms with Crippen molar-refractivity contribution in [3.63, 3.8) is 0 Å². The smallest absolute Gasteiger partial charge is 0.147 e. The average molecular weight is 257 g/mol. The molecule has 100 valence electrons. The van der Waals surface area contributed by atoms with Crippen LogP contribution >= 0.6 is 0 Å². The van der Waals surface area contributed by atoms with E-state index in [9.17, 15) is 5.26 Å². The molecule has 1 aliphatic carbocycles. The molecule has 1 aromatic rings. The molecule has 4 heteroatoms. The summed E-state index contributed by atoms with van der Waals surface area (Å²) in [6.45, 7) is 4.42. The second-order valence-electron chi connectivity index (χ2n) is 5.41. The number of aryl methyl sites for hydroxylation is 2. The highest BCUT2D eigenvalue weighted by Gasteiger charge is 2.23. The van der Waals surface area contributed by atoms with Crippen molar-refractivity contribution in [2.75, 3.05) is 24.6 Å². The number of ether oxygens (including phenoxy) is 1. The zero-order valence-corrected chi connectivity index (χ0v) is 11.4. The summed E-state index contributed by atoms with van der Waals surface area (Å²) in [5, 5.41) is 9.37. The molecule has 2 aliphatic rings. The molecule has 1 unspecified atom stereocenters. The van der Waals surface area contributed by atoms with Gasteiger partial charge in [-0.2, -0.15) is 5.26 Å². The minimum Gasteiger partial charge on any atom is -0.375 e. The predicted molar refractivity (Wildman–Crippen MR) is 73.2 cm³/mol. The SMILES string of the molecule is CC1CN(c2nc3c(cc2C#N)CCCC3)CCO1. The Balaban J connectivity index is 1.97. The van der Waals surface area contributed by atoms with Crippen molar-refractivity contribution in [2.45, 2.75) is 38.7 Å². The van der Waals surface area contributed by atoms with Crippen molar-refractivity contribution in [1.82, 2.24) is 4.98 Å².